The summed E-state index contributed by atoms with van der Waals surface area (Å²) < 4.78 is 18.3. The minimum Gasteiger partial charge on any atom is -0.456 e. The van der Waals surface area contributed by atoms with E-state index in [-0.39, 0.29) is 17.2 Å². The zero-order valence-corrected chi connectivity index (χ0v) is 9.50. The van der Waals surface area contributed by atoms with Crippen LogP contribution in [0.4, 0.5) is 4.39 Å². The molecule has 88 valence electrons. The lowest BCUT2D eigenvalue weighted by molar-refractivity contribution is 0.0463. The number of aromatic nitrogens is 1. The summed E-state index contributed by atoms with van der Waals surface area (Å²) in [6, 6.07) is 7.55. The normalized spacial score (nSPS) is 10.2. The van der Waals surface area contributed by atoms with Crippen LogP contribution in [0.5, 0.6) is 0 Å². The van der Waals surface area contributed by atoms with Crippen molar-refractivity contribution in [1.82, 2.24) is 4.98 Å². The SMILES string of the molecule is O=C(OCc1c(F)cccc1Cl)c1ccc[nH]1. The van der Waals surface area contributed by atoms with Crippen LogP contribution in [0.1, 0.15) is 16.1 Å². The van der Waals surface area contributed by atoms with E-state index in [9.17, 15) is 9.18 Å². The molecule has 0 saturated heterocycles. The van der Waals surface area contributed by atoms with Gasteiger partial charge in [-0.1, -0.05) is 17.7 Å². The molecule has 2 rings (SSSR count). The summed E-state index contributed by atoms with van der Waals surface area (Å²) in [5.41, 5.74) is 0.492. The van der Waals surface area contributed by atoms with Gasteiger partial charge in [0.2, 0.25) is 0 Å². The summed E-state index contributed by atoms with van der Waals surface area (Å²) in [5.74, 6) is -1.04. The van der Waals surface area contributed by atoms with E-state index in [2.05, 4.69) is 4.98 Å². The number of esters is 1. The lowest BCUT2D eigenvalue weighted by atomic mass is 10.2. The fourth-order valence-electron chi connectivity index (χ4n) is 1.34. The lowest BCUT2D eigenvalue weighted by Gasteiger charge is -2.06. The van der Waals surface area contributed by atoms with Crippen molar-refractivity contribution in [3.8, 4) is 0 Å². The maximum absolute atomic E-state index is 13.4. The highest BCUT2D eigenvalue weighted by Gasteiger charge is 2.11. The number of aromatic amines is 1. The molecular weight excluding hydrogens is 245 g/mol. The number of halogens is 2. The summed E-state index contributed by atoms with van der Waals surface area (Å²) in [7, 11) is 0. The molecule has 0 fully saturated rings. The predicted octanol–water partition coefficient (Wildman–Crippen LogP) is 3.16. The minimum atomic E-state index is -0.547. The van der Waals surface area contributed by atoms with Crippen LogP contribution in [0.15, 0.2) is 36.5 Å². The van der Waals surface area contributed by atoms with Crippen LogP contribution >= 0.6 is 11.6 Å². The van der Waals surface area contributed by atoms with Crippen LogP contribution in [-0.2, 0) is 11.3 Å². The van der Waals surface area contributed by atoms with Gasteiger partial charge in [0.25, 0.3) is 0 Å². The second-order valence-corrected chi connectivity index (χ2v) is 3.77. The van der Waals surface area contributed by atoms with E-state index in [0.717, 1.165) is 0 Å². The number of carbonyl (C=O) groups excluding carboxylic acids is 1. The van der Waals surface area contributed by atoms with Gasteiger partial charge in [0, 0.05) is 11.8 Å². The van der Waals surface area contributed by atoms with Crippen molar-refractivity contribution in [3.63, 3.8) is 0 Å². The summed E-state index contributed by atoms with van der Waals surface area (Å²) in [6.07, 6.45) is 1.60. The van der Waals surface area contributed by atoms with Gasteiger partial charge in [-0.05, 0) is 24.3 Å². The van der Waals surface area contributed by atoms with Gasteiger partial charge in [-0.25, -0.2) is 9.18 Å². The third-order valence-corrected chi connectivity index (χ3v) is 2.58. The van der Waals surface area contributed by atoms with E-state index in [1.54, 1.807) is 24.4 Å². The highest BCUT2D eigenvalue weighted by molar-refractivity contribution is 6.31. The van der Waals surface area contributed by atoms with Gasteiger partial charge >= 0.3 is 5.97 Å². The Bertz CT molecular complexity index is 505. The van der Waals surface area contributed by atoms with Crippen molar-refractivity contribution in [3.05, 3.63) is 58.6 Å². The zero-order chi connectivity index (χ0) is 12.3. The molecule has 0 aliphatic carbocycles. The van der Waals surface area contributed by atoms with E-state index in [1.807, 2.05) is 0 Å². The van der Waals surface area contributed by atoms with Gasteiger partial charge < -0.3 is 9.72 Å². The fraction of sp³-hybridized carbons (Fsp3) is 0.0833. The average molecular weight is 254 g/mol. The number of rotatable bonds is 3. The molecule has 0 amide bonds. The molecule has 0 bridgehead atoms. The lowest BCUT2D eigenvalue weighted by Crippen LogP contribution is -2.06. The second kappa shape index (κ2) is 5.01. The maximum Gasteiger partial charge on any atom is 0.355 e. The molecule has 0 radical (unpaired) electrons. The first-order chi connectivity index (χ1) is 8.18. The number of carbonyl (C=O) groups is 1. The van der Waals surface area contributed by atoms with Gasteiger partial charge in [0.1, 0.15) is 18.1 Å². The van der Waals surface area contributed by atoms with Crippen LogP contribution in [0.3, 0.4) is 0 Å². The van der Waals surface area contributed by atoms with Gasteiger partial charge in [0.15, 0.2) is 0 Å². The Morgan fingerprint density at radius 3 is 2.82 bits per heavy atom. The third kappa shape index (κ3) is 2.65. The molecule has 0 aliphatic rings. The smallest absolute Gasteiger partial charge is 0.355 e. The molecule has 1 N–H and O–H groups in total. The topological polar surface area (TPSA) is 42.1 Å². The van der Waals surface area contributed by atoms with Crippen molar-refractivity contribution in [2.24, 2.45) is 0 Å². The van der Waals surface area contributed by atoms with Crippen LogP contribution in [0, 0.1) is 5.82 Å². The number of hydrogen-bond donors (Lipinski definition) is 1. The maximum atomic E-state index is 13.4. The van der Waals surface area contributed by atoms with E-state index < -0.39 is 11.8 Å². The molecule has 0 saturated carbocycles. The fourth-order valence-corrected chi connectivity index (χ4v) is 1.56. The first-order valence-electron chi connectivity index (χ1n) is 4.92. The minimum absolute atomic E-state index is 0.175. The molecular formula is C12H9ClFNO2. The largest absolute Gasteiger partial charge is 0.456 e. The molecule has 0 atom stereocenters. The van der Waals surface area contributed by atoms with Crippen LogP contribution in [0.25, 0.3) is 0 Å². The van der Waals surface area contributed by atoms with Crippen LogP contribution in [0.2, 0.25) is 5.02 Å². The van der Waals surface area contributed by atoms with Gasteiger partial charge in [0.05, 0.1) is 5.02 Å². The average Bonchev–Trinajstić information content (AvgIpc) is 2.81. The molecule has 0 spiro atoms. The van der Waals surface area contributed by atoms with E-state index in [4.69, 9.17) is 16.3 Å². The van der Waals surface area contributed by atoms with Crippen molar-refractivity contribution in [2.75, 3.05) is 0 Å². The zero-order valence-electron chi connectivity index (χ0n) is 8.74. The highest BCUT2D eigenvalue weighted by atomic mass is 35.5. The molecule has 17 heavy (non-hydrogen) atoms. The molecule has 3 nitrogen and oxygen atoms in total. The Morgan fingerprint density at radius 1 is 1.35 bits per heavy atom. The summed E-state index contributed by atoms with van der Waals surface area (Å²) in [6.45, 7) is -0.191. The summed E-state index contributed by atoms with van der Waals surface area (Å²) in [4.78, 5) is 14.2. The Balaban J connectivity index is 2.06. The number of hydrogen-bond acceptors (Lipinski definition) is 2. The molecule has 1 aromatic heterocycles. The number of ether oxygens (including phenoxy) is 1. The number of benzene rings is 1. The second-order valence-electron chi connectivity index (χ2n) is 3.36. The van der Waals surface area contributed by atoms with E-state index in [0.29, 0.717) is 5.69 Å². The van der Waals surface area contributed by atoms with Crippen molar-refractivity contribution in [1.29, 1.82) is 0 Å². The Kier molecular flexibility index (Phi) is 3.44. The Labute approximate surface area is 102 Å². The predicted molar refractivity (Wildman–Crippen MR) is 61.3 cm³/mol. The van der Waals surface area contributed by atoms with Gasteiger partial charge in [-0.15, -0.1) is 0 Å². The van der Waals surface area contributed by atoms with Crippen LogP contribution < -0.4 is 0 Å². The quantitative estimate of drug-likeness (QED) is 0.854. The first-order valence-corrected chi connectivity index (χ1v) is 5.29. The molecule has 0 unspecified atom stereocenters. The molecule has 1 heterocycles. The Morgan fingerprint density at radius 2 is 2.18 bits per heavy atom. The molecule has 1 aromatic carbocycles. The number of nitrogens with one attached hydrogen (secondary N) is 1. The first kappa shape index (κ1) is 11.7. The number of H-pyrrole nitrogens is 1. The monoisotopic (exact) mass is 253 g/mol. The van der Waals surface area contributed by atoms with Crippen molar-refractivity contribution < 1.29 is 13.9 Å². The summed E-state index contributed by atoms with van der Waals surface area (Å²) >= 11 is 5.80. The molecule has 0 aliphatic heterocycles. The summed E-state index contributed by atoms with van der Waals surface area (Å²) in [5, 5.41) is 0.240. The standard InChI is InChI=1S/C12H9ClFNO2/c13-9-3-1-4-10(14)8(9)7-17-12(16)11-5-2-6-15-11/h1-6,15H,7H2. The third-order valence-electron chi connectivity index (χ3n) is 2.23. The van der Waals surface area contributed by atoms with Crippen molar-refractivity contribution >= 4 is 17.6 Å². The molecule has 5 heteroatoms. The van der Waals surface area contributed by atoms with Gasteiger partial charge in [-0.3, -0.25) is 0 Å². The van der Waals surface area contributed by atoms with E-state index >= 15 is 0 Å². The Hall–Kier alpha value is -1.81. The van der Waals surface area contributed by atoms with Gasteiger partial charge in [-0.2, -0.15) is 0 Å². The molecule has 2 aromatic rings. The highest BCUT2D eigenvalue weighted by Crippen LogP contribution is 2.20. The van der Waals surface area contributed by atoms with E-state index in [1.165, 1.54) is 12.1 Å². The van der Waals surface area contributed by atoms with Crippen molar-refractivity contribution in [2.45, 2.75) is 6.61 Å². The van der Waals surface area contributed by atoms with Crippen LogP contribution in [-0.4, -0.2) is 11.0 Å².